The van der Waals surface area contributed by atoms with Gasteiger partial charge in [0.1, 0.15) is 11.5 Å². The zero-order valence-corrected chi connectivity index (χ0v) is 15.9. The highest BCUT2D eigenvalue weighted by Crippen LogP contribution is 2.40. The van der Waals surface area contributed by atoms with Crippen LogP contribution in [0.25, 0.3) is 0 Å². The maximum absolute atomic E-state index is 11.9. The van der Waals surface area contributed by atoms with Crippen LogP contribution >= 0.6 is 0 Å². The second-order valence-electron chi connectivity index (χ2n) is 8.45. The van der Waals surface area contributed by atoms with Gasteiger partial charge in [0, 0.05) is 12.8 Å². The molecule has 134 valence electrons. The van der Waals surface area contributed by atoms with E-state index in [1.807, 2.05) is 6.07 Å². The number of hydrogen-bond acceptors (Lipinski definition) is 2. The van der Waals surface area contributed by atoms with E-state index >= 15 is 0 Å². The van der Waals surface area contributed by atoms with Crippen molar-refractivity contribution in [1.82, 2.24) is 0 Å². The normalized spacial score (nSPS) is 21.9. The predicted molar refractivity (Wildman–Crippen MR) is 101 cm³/mol. The van der Waals surface area contributed by atoms with Crippen LogP contribution in [0.5, 0.6) is 5.75 Å². The molecular weight excluding hydrogens is 296 g/mol. The number of carbonyl (C=O) groups is 1. The Bertz CT molecular complexity index is 559. The lowest BCUT2D eigenvalue weighted by Crippen LogP contribution is -2.20. The standard InChI is InChI=1S/C22H34O2/c1-5-6-7-8-11-22(3,4)18-9-10-20(21(24)15-18)17-12-16(2)13-19(23)14-17/h9-10,15-17,24H,5-8,11-14H2,1-4H3/t16-,17-/m1/s1. The Hall–Kier alpha value is -1.31. The molecule has 0 bridgehead atoms. The third kappa shape index (κ3) is 4.84. The SMILES string of the molecule is CCCCCCC(C)(C)c1ccc([C@H]2CC(=O)C[C@H](C)C2)c(O)c1. The van der Waals surface area contributed by atoms with Crippen molar-refractivity contribution in [2.45, 2.75) is 90.4 Å². The van der Waals surface area contributed by atoms with Crippen LogP contribution in [0, 0.1) is 5.92 Å². The molecule has 2 atom stereocenters. The molecule has 2 rings (SSSR count). The quantitative estimate of drug-likeness (QED) is 0.612. The number of phenols is 1. The van der Waals surface area contributed by atoms with E-state index in [0.29, 0.717) is 30.3 Å². The molecule has 2 nitrogen and oxygen atoms in total. The Labute approximate surface area is 147 Å². The first kappa shape index (κ1) is 19.0. The number of carbonyl (C=O) groups excluding carboxylic acids is 1. The van der Waals surface area contributed by atoms with Crippen LogP contribution in [0.3, 0.4) is 0 Å². The van der Waals surface area contributed by atoms with Crippen LogP contribution in [0.15, 0.2) is 18.2 Å². The van der Waals surface area contributed by atoms with Crippen LogP contribution in [0.4, 0.5) is 0 Å². The molecule has 0 radical (unpaired) electrons. The van der Waals surface area contributed by atoms with Crippen LogP contribution in [0.2, 0.25) is 0 Å². The van der Waals surface area contributed by atoms with Gasteiger partial charge in [0.25, 0.3) is 0 Å². The summed E-state index contributed by atoms with van der Waals surface area (Å²) in [7, 11) is 0. The summed E-state index contributed by atoms with van der Waals surface area (Å²) in [6.07, 6.45) is 8.49. The van der Waals surface area contributed by atoms with Gasteiger partial charge < -0.3 is 5.11 Å². The highest BCUT2D eigenvalue weighted by atomic mass is 16.3. The molecule has 0 spiro atoms. The molecule has 0 amide bonds. The fourth-order valence-corrected chi connectivity index (χ4v) is 4.08. The minimum Gasteiger partial charge on any atom is -0.508 e. The molecule has 1 aromatic carbocycles. The minimum atomic E-state index is 0.0828. The molecule has 0 heterocycles. The molecule has 1 aromatic rings. The molecule has 24 heavy (non-hydrogen) atoms. The summed E-state index contributed by atoms with van der Waals surface area (Å²) in [5.41, 5.74) is 2.25. The molecule has 1 aliphatic rings. The summed E-state index contributed by atoms with van der Waals surface area (Å²) < 4.78 is 0. The molecule has 1 aliphatic carbocycles. The number of ketones is 1. The van der Waals surface area contributed by atoms with Gasteiger partial charge in [-0.1, -0.05) is 65.5 Å². The van der Waals surface area contributed by atoms with Gasteiger partial charge in [0.05, 0.1) is 0 Å². The Morgan fingerprint density at radius 1 is 1.17 bits per heavy atom. The van der Waals surface area contributed by atoms with Crippen molar-refractivity contribution >= 4 is 5.78 Å². The van der Waals surface area contributed by atoms with Crippen molar-refractivity contribution < 1.29 is 9.90 Å². The summed E-state index contributed by atoms with van der Waals surface area (Å²) >= 11 is 0. The van der Waals surface area contributed by atoms with Crippen molar-refractivity contribution in [2.24, 2.45) is 5.92 Å². The second-order valence-corrected chi connectivity index (χ2v) is 8.45. The number of aromatic hydroxyl groups is 1. The summed E-state index contributed by atoms with van der Waals surface area (Å²) in [6.45, 7) is 8.90. The van der Waals surface area contributed by atoms with Crippen molar-refractivity contribution in [3.63, 3.8) is 0 Å². The van der Waals surface area contributed by atoms with Gasteiger partial charge in [0.2, 0.25) is 0 Å². The van der Waals surface area contributed by atoms with Crippen molar-refractivity contribution in [1.29, 1.82) is 0 Å². The van der Waals surface area contributed by atoms with E-state index in [0.717, 1.165) is 18.4 Å². The number of unbranched alkanes of at least 4 members (excludes halogenated alkanes) is 3. The fourth-order valence-electron chi connectivity index (χ4n) is 4.08. The minimum absolute atomic E-state index is 0.0828. The zero-order chi connectivity index (χ0) is 17.7. The van der Waals surface area contributed by atoms with Crippen molar-refractivity contribution in [3.8, 4) is 5.75 Å². The van der Waals surface area contributed by atoms with Gasteiger partial charge in [-0.15, -0.1) is 0 Å². The van der Waals surface area contributed by atoms with E-state index in [2.05, 4.69) is 39.8 Å². The van der Waals surface area contributed by atoms with E-state index in [-0.39, 0.29) is 11.3 Å². The Balaban J connectivity index is 2.09. The lowest BCUT2D eigenvalue weighted by molar-refractivity contribution is -0.121. The molecule has 1 N–H and O–H groups in total. The number of rotatable bonds is 7. The predicted octanol–water partition coefficient (Wildman–Crippen LogP) is 6.11. The van der Waals surface area contributed by atoms with Gasteiger partial charge >= 0.3 is 0 Å². The number of hydrogen-bond donors (Lipinski definition) is 1. The van der Waals surface area contributed by atoms with Crippen LogP contribution in [-0.2, 0) is 10.2 Å². The lowest BCUT2D eigenvalue weighted by atomic mass is 9.75. The summed E-state index contributed by atoms with van der Waals surface area (Å²) in [6, 6.07) is 6.17. The maximum Gasteiger partial charge on any atom is 0.133 e. The smallest absolute Gasteiger partial charge is 0.133 e. The number of phenolic OH excluding ortho intramolecular Hbond substituents is 1. The topological polar surface area (TPSA) is 37.3 Å². The van der Waals surface area contributed by atoms with Crippen LogP contribution < -0.4 is 0 Å². The van der Waals surface area contributed by atoms with Gasteiger partial charge in [-0.25, -0.2) is 0 Å². The molecule has 0 aromatic heterocycles. The average molecular weight is 331 g/mol. The average Bonchev–Trinajstić information content (AvgIpc) is 2.50. The Morgan fingerprint density at radius 2 is 1.92 bits per heavy atom. The molecular formula is C22H34O2. The van der Waals surface area contributed by atoms with E-state index in [9.17, 15) is 9.90 Å². The van der Waals surface area contributed by atoms with Gasteiger partial charge in [-0.3, -0.25) is 4.79 Å². The van der Waals surface area contributed by atoms with Crippen LogP contribution in [-0.4, -0.2) is 10.9 Å². The molecule has 1 fully saturated rings. The molecule has 0 aliphatic heterocycles. The second kappa shape index (κ2) is 8.18. The molecule has 0 unspecified atom stereocenters. The van der Waals surface area contributed by atoms with Gasteiger partial charge in [-0.05, 0) is 47.3 Å². The first-order valence-electron chi connectivity index (χ1n) is 9.68. The molecule has 0 saturated heterocycles. The van der Waals surface area contributed by atoms with Crippen molar-refractivity contribution in [3.05, 3.63) is 29.3 Å². The Kier molecular flexibility index (Phi) is 6.48. The largest absolute Gasteiger partial charge is 0.508 e. The fraction of sp³-hybridized carbons (Fsp3) is 0.682. The van der Waals surface area contributed by atoms with E-state index in [1.54, 1.807) is 0 Å². The number of benzene rings is 1. The molecule has 2 heteroatoms. The molecule has 1 saturated carbocycles. The summed E-state index contributed by atoms with van der Waals surface area (Å²) in [5, 5.41) is 10.6. The van der Waals surface area contributed by atoms with E-state index in [4.69, 9.17) is 0 Å². The maximum atomic E-state index is 11.9. The van der Waals surface area contributed by atoms with Crippen molar-refractivity contribution in [2.75, 3.05) is 0 Å². The monoisotopic (exact) mass is 330 g/mol. The third-order valence-electron chi connectivity index (χ3n) is 5.64. The van der Waals surface area contributed by atoms with Gasteiger partial charge in [-0.2, -0.15) is 0 Å². The highest BCUT2D eigenvalue weighted by molar-refractivity contribution is 5.80. The third-order valence-corrected chi connectivity index (χ3v) is 5.64. The van der Waals surface area contributed by atoms with E-state index in [1.165, 1.54) is 31.2 Å². The van der Waals surface area contributed by atoms with Gasteiger partial charge in [0.15, 0.2) is 0 Å². The first-order chi connectivity index (χ1) is 11.3. The number of Topliss-reactive ketones (excluding diaryl/α,β-unsaturated/α-hetero) is 1. The Morgan fingerprint density at radius 3 is 2.54 bits per heavy atom. The summed E-state index contributed by atoms with van der Waals surface area (Å²) in [4.78, 5) is 11.9. The zero-order valence-electron chi connectivity index (χ0n) is 15.9. The first-order valence-corrected chi connectivity index (χ1v) is 9.68. The van der Waals surface area contributed by atoms with E-state index < -0.39 is 0 Å². The highest BCUT2D eigenvalue weighted by Gasteiger charge is 2.28. The summed E-state index contributed by atoms with van der Waals surface area (Å²) in [5.74, 6) is 1.31. The lowest BCUT2D eigenvalue weighted by Gasteiger charge is -2.29. The van der Waals surface area contributed by atoms with Crippen LogP contribution in [0.1, 0.15) is 96.1 Å².